The Balaban J connectivity index is 3.73. The minimum atomic E-state index is -3.88. The molecule has 0 atom stereocenters. The van der Waals surface area contributed by atoms with Crippen LogP contribution in [-0.4, -0.2) is 13.0 Å². The molecule has 9 heavy (non-hydrogen) atoms. The minimum absolute atomic E-state index is 0.680. The third-order valence-corrected chi connectivity index (χ3v) is 1.26. The molecule has 0 aromatic heterocycles. The molecule has 0 aliphatic heterocycles. The van der Waals surface area contributed by atoms with Crippen LogP contribution in [-0.2, 0) is 10.1 Å². The van der Waals surface area contributed by atoms with Gasteiger partial charge in [0.05, 0.1) is 5.41 Å². The average Bonchev–Trinajstić information content (AvgIpc) is 1.63. The Labute approximate surface area is 55.1 Å². The van der Waals surface area contributed by atoms with Crippen molar-refractivity contribution < 1.29 is 13.0 Å². The lowest BCUT2D eigenvalue weighted by Crippen LogP contribution is -1.88. The fourth-order valence-corrected chi connectivity index (χ4v) is 0.736. The molecule has 3 nitrogen and oxygen atoms in total. The lowest BCUT2D eigenvalue weighted by Gasteiger charge is -1.82. The lowest BCUT2D eigenvalue weighted by atomic mass is 10.3. The van der Waals surface area contributed by atoms with Gasteiger partial charge < -0.3 is 0 Å². The van der Waals surface area contributed by atoms with Crippen LogP contribution in [0.1, 0.15) is 19.8 Å². The van der Waals surface area contributed by atoms with Gasteiger partial charge in [0, 0.05) is 0 Å². The summed E-state index contributed by atoms with van der Waals surface area (Å²) in [5.74, 6) is 0. The van der Waals surface area contributed by atoms with Crippen LogP contribution >= 0.6 is 0 Å². The van der Waals surface area contributed by atoms with Gasteiger partial charge in [-0.3, -0.25) is 4.55 Å². The minimum Gasteiger partial charge on any atom is -0.282 e. The summed E-state index contributed by atoms with van der Waals surface area (Å²) in [6.45, 7) is 1.92. The maximum atomic E-state index is 9.97. The van der Waals surface area contributed by atoms with E-state index < -0.39 is 10.1 Å². The molecular weight excluding hydrogens is 140 g/mol. The van der Waals surface area contributed by atoms with Crippen molar-refractivity contribution in [2.45, 2.75) is 19.8 Å². The molecular formula is C5H10O3S. The molecule has 0 aromatic rings. The summed E-state index contributed by atoms with van der Waals surface area (Å²) in [6, 6.07) is 0. The smallest absolute Gasteiger partial charge is 0.282 e. The Bertz CT molecular complexity index is 178. The summed E-state index contributed by atoms with van der Waals surface area (Å²) < 4.78 is 28.1. The van der Waals surface area contributed by atoms with Crippen molar-refractivity contribution in [3.8, 4) is 0 Å². The Kier molecular flexibility index (Phi) is 3.49. The summed E-state index contributed by atoms with van der Waals surface area (Å²) in [7, 11) is -3.88. The van der Waals surface area contributed by atoms with Crippen molar-refractivity contribution >= 4 is 10.1 Å². The molecule has 0 bridgehead atoms. The molecule has 0 aliphatic carbocycles. The van der Waals surface area contributed by atoms with E-state index in [0.717, 1.165) is 11.8 Å². The molecule has 0 saturated heterocycles. The zero-order chi connectivity index (χ0) is 7.33. The third kappa shape index (κ3) is 7.65. The van der Waals surface area contributed by atoms with E-state index in [4.69, 9.17) is 4.55 Å². The zero-order valence-electron chi connectivity index (χ0n) is 5.24. The zero-order valence-corrected chi connectivity index (χ0v) is 6.06. The Morgan fingerprint density at radius 1 is 1.56 bits per heavy atom. The SMILES string of the molecule is CCC/C=C\S(=O)(=O)O. The number of allylic oxidation sites excluding steroid dienone is 1. The van der Waals surface area contributed by atoms with Crippen molar-refractivity contribution in [2.24, 2.45) is 0 Å². The standard InChI is InChI=1S/C5H10O3S/c1-2-3-4-5-9(6,7)8/h4-5H,2-3H2,1H3,(H,6,7,8)/b5-4-. The quantitative estimate of drug-likeness (QED) is 0.615. The van der Waals surface area contributed by atoms with Gasteiger partial charge in [-0.25, -0.2) is 0 Å². The van der Waals surface area contributed by atoms with Crippen molar-refractivity contribution in [3.63, 3.8) is 0 Å². The highest BCUT2D eigenvalue weighted by atomic mass is 32.2. The third-order valence-electron chi connectivity index (χ3n) is 0.724. The van der Waals surface area contributed by atoms with Gasteiger partial charge in [-0.2, -0.15) is 8.42 Å². The molecule has 0 rings (SSSR count). The molecule has 54 valence electrons. The van der Waals surface area contributed by atoms with Crippen LogP contribution in [0.4, 0.5) is 0 Å². The maximum Gasteiger partial charge on any atom is 0.287 e. The molecule has 0 unspecified atom stereocenters. The number of hydrogen-bond acceptors (Lipinski definition) is 2. The summed E-state index contributed by atoms with van der Waals surface area (Å²) in [5, 5.41) is 0.802. The van der Waals surface area contributed by atoms with E-state index in [-0.39, 0.29) is 0 Å². The number of unbranched alkanes of at least 4 members (excludes halogenated alkanes) is 1. The molecule has 0 radical (unpaired) electrons. The fraction of sp³-hybridized carbons (Fsp3) is 0.600. The molecule has 1 N–H and O–H groups in total. The fourth-order valence-electron chi connectivity index (χ4n) is 0.356. The average molecular weight is 150 g/mol. The van der Waals surface area contributed by atoms with Gasteiger partial charge in [-0.05, 0) is 6.42 Å². The van der Waals surface area contributed by atoms with Gasteiger partial charge in [-0.15, -0.1) is 0 Å². The summed E-state index contributed by atoms with van der Waals surface area (Å²) in [4.78, 5) is 0. The molecule has 0 saturated carbocycles. The van der Waals surface area contributed by atoms with Crippen molar-refractivity contribution in [1.29, 1.82) is 0 Å². The van der Waals surface area contributed by atoms with E-state index in [2.05, 4.69) is 0 Å². The number of hydrogen-bond donors (Lipinski definition) is 1. The first kappa shape index (κ1) is 8.65. The highest BCUT2D eigenvalue weighted by Gasteiger charge is 1.92. The summed E-state index contributed by atoms with van der Waals surface area (Å²) in [5.41, 5.74) is 0. The van der Waals surface area contributed by atoms with Crippen LogP contribution in [0.15, 0.2) is 11.5 Å². The van der Waals surface area contributed by atoms with Gasteiger partial charge >= 0.3 is 0 Å². The highest BCUT2D eigenvalue weighted by molar-refractivity contribution is 7.88. The summed E-state index contributed by atoms with van der Waals surface area (Å²) in [6.07, 6.45) is 2.99. The Morgan fingerprint density at radius 2 is 2.11 bits per heavy atom. The van der Waals surface area contributed by atoms with E-state index in [0.29, 0.717) is 6.42 Å². The second-order valence-electron chi connectivity index (χ2n) is 1.68. The van der Waals surface area contributed by atoms with Crippen molar-refractivity contribution in [1.82, 2.24) is 0 Å². The molecule has 0 aromatic carbocycles. The lowest BCUT2D eigenvalue weighted by molar-refractivity contribution is 0.494. The number of rotatable bonds is 3. The molecule has 0 fully saturated rings. The van der Waals surface area contributed by atoms with E-state index in [9.17, 15) is 8.42 Å². The van der Waals surface area contributed by atoms with Gasteiger partial charge in [0.25, 0.3) is 10.1 Å². The van der Waals surface area contributed by atoms with E-state index in [1.165, 1.54) is 6.08 Å². The highest BCUT2D eigenvalue weighted by Crippen LogP contribution is 1.91. The van der Waals surface area contributed by atoms with E-state index >= 15 is 0 Å². The second-order valence-corrected chi connectivity index (χ2v) is 2.98. The van der Waals surface area contributed by atoms with Gasteiger partial charge in [0.2, 0.25) is 0 Å². The van der Waals surface area contributed by atoms with Crippen molar-refractivity contribution in [2.75, 3.05) is 0 Å². The molecule has 0 aliphatic rings. The van der Waals surface area contributed by atoms with Crippen LogP contribution in [0.2, 0.25) is 0 Å². The van der Waals surface area contributed by atoms with Crippen LogP contribution < -0.4 is 0 Å². The van der Waals surface area contributed by atoms with Crippen molar-refractivity contribution in [3.05, 3.63) is 11.5 Å². The van der Waals surface area contributed by atoms with Crippen LogP contribution in [0.25, 0.3) is 0 Å². The summed E-state index contributed by atoms with van der Waals surface area (Å²) >= 11 is 0. The maximum absolute atomic E-state index is 9.97. The predicted octanol–water partition coefficient (Wildman–Crippen LogP) is 1.19. The Morgan fingerprint density at radius 3 is 2.44 bits per heavy atom. The first-order valence-corrected chi connectivity index (χ1v) is 4.20. The molecule has 0 amide bonds. The van der Waals surface area contributed by atoms with Crippen LogP contribution in [0.3, 0.4) is 0 Å². The first-order chi connectivity index (χ1) is 4.06. The van der Waals surface area contributed by atoms with E-state index in [1.807, 2.05) is 6.92 Å². The van der Waals surface area contributed by atoms with E-state index in [1.54, 1.807) is 0 Å². The normalized spacial score (nSPS) is 12.7. The molecule has 0 heterocycles. The molecule has 4 heteroatoms. The van der Waals surface area contributed by atoms with Crippen LogP contribution in [0.5, 0.6) is 0 Å². The first-order valence-electron chi connectivity index (χ1n) is 2.70. The van der Waals surface area contributed by atoms with Crippen LogP contribution in [0, 0.1) is 0 Å². The monoisotopic (exact) mass is 150 g/mol. The topological polar surface area (TPSA) is 54.4 Å². The largest absolute Gasteiger partial charge is 0.287 e. The Hall–Kier alpha value is -0.350. The molecule has 0 spiro atoms. The second kappa shape index (κ2) is 3.63. The van der Waals surface area contributed by atoms with Gasteiger partial charge in [-0.1, -0.05) is 19.4 Å². The van der Waals surface area contributed by atoms with Gasteiger partial charge in [0.1, 0.15) is 0 Å². The van der Waals surface area contributed by atoms with Gasteiger partial charge in [0.15, 0.2) is 0 Å². The predicted molar refractivity (Wildman–Crippen MR) is 35.6 cm³/mol.